The zero-order valence-corrected chi connectivity index (χ0v) is 11.1. The fourth-order valence-corrected chi connectivity index (χ4v) is 3.06. The summed E-state index contributed by atoms with van der Waals surface area (Å²) in [4.78, 5) is 1.97. The van der Waals surface area contributed by atoms with Crippen molar-refractivity contribution in [3.8, 4) is 0 Å². The van der Waals surface area contributed by atoms with Gasteiger partial charge in [0.05, 0.1) is 6.34 Å². The van der Waals surface area contributed by atoms with Gasteiger partial charge in [-0.1, -0.05) is 28.1 Å². The van der Waals surface area contributed by atoms with Gasteiger partial charge < -0.3 is 4.90 Å². The van der Waals surface area contributed by atoms with Crippen molar-refractivity contribution < 1.29 is 0 Å². The quantitative estimate of drug-likeness (QED) is 0.669. The van der Waals surface area contributed by atoms with E-state index in [2.05, 4.69) is 34.1 Å². The molecule has 16 heavy (non-hydrogen) atoms. The highest BCUT2D eigenvalue weighted by atomic mass is 79.9. The molecule has 0 fully saturated rings. The van der Waals surface area contributed by atoms with E-state index in [-0.39, 0.29) is 0 Å². The van der Waals surface area contributed by atoms with Crippen molar-refractivity contribution in [2.45, 2.75) is 19.3 Å². The Labute approximate surface area is 105 Å². The fourth-order valence-electron chi connectivity index (χ4n) is 2.45. The van der Waals surface area contributed by atoms with E-state index in [1.54, 1.807) is 0 Å². The fraction of sp³-hybridized carbons (Fsp3) is 0.462. The number of hydrogen-bond donors (Lipinski definition) is 1. The molecule has 0 saturated heterocycles. The van der Waals surface area contributed by atoms with Crippen LogP contribution >= 0.6 is 15.9 Å². The molecule has 0 aliphatic heterocycles. The maximum atomic E-state index is 7.20. The van der Waals surface area contributed by atoms with Gasteiger partial charge in [0.1, 0.15) is 0 Å². The van der Waals surface area contributed by atoms with Crippen molar-refractivity contribution in [2.24, 2.45) is 5.92 Å². The number of rotatable bonds is 3. The first-order valence-corrected chi connectivity index (χ1v) is 6.47. The van der Waals surface area contributed by atoms with Crippen molar-refractivity contribution in [3.63, 3.8) is 0 Å². The largest absolute Gasteiger partial charge is 0.366 e. The van der Waals surface area contributed by atoms with E-state index in [0.29, 0.717) is 5.92 Å². The molecule has 3 heteroatoms. The Balaban J connectivity index is 2.09. The average Bonchev–Trinajstić information content (AvgIpc) is 2.29. The summed E-state index contributed by atoms with van der Waals surface area (Å²) in [6.45, 7) is 0.995. The third kappa shape index (κ3) is 2.46. The third-order valence-electron chi connectivity index (χ3n) is 3.29. The van der Waals surface area contributed by atoms with Crippen molar-refractivity contribution in [3.05, 3.63) is 33.8 Å². The molecule has 1 atom stereocenters. The van der Waals surface area contributed by atoms with E-state index in [0.717, 1.165) is 19.4 Å². The molecule has 2 rings (SSSR count). The van der Waals surface area contributed by atoms with Gasteiger partial charge in [0, 0.05) is 18.1 Å². The van der Waals surface area contributed by atoms with Crippen LogP contribution in [-0.4, -0.2) is 24.8 Å². The van der Waals surface area contributed by atoms with Gasteiger partial charge >= 0.3 is 0 Å². The van der Waals surface area contributed by atoms with Crippen molar-refractivity contribution in [1.82, 2.24) is 4.90 Å². The second kappa shape index (κ2) is 5.00. The van der Waals surface area contributed by atoms with Crippen molar-refractivity contribution in [2.75, 3.05) is 13.6 Å². The number of hydrogen-bond acceptors (Lipinski definition) is 1. The standard InChI is InChI=1S/C13H17BrN2/c1-16(9-15)8-10-5-6-12-11(7-10)3-2-4-13(12)14/h2-4,9-10,15H,5-8H2,1H3. The molecule has 0 bridgehead atoms. The second-order valence-corrected chi connectivity index (χ2v) is 5.41. The van der Waals surface area contributed by atoms with E-state index in [9.17, 15) is 0 Å². The molecule has 1 aliphatic rings. The minimum Gasteiger partial charge on any atom is -0.366 e. The van der Waals surface area contributed by atoms with Crippen LogP contribution in [-0.2, 0) is 12.8 Å². The highest BCUT2D eigenvalue weighted by Crippen LogP contribution is 2.30. The summed E-state index contributed by atoms with van der Waals surface area (Å²) in [6.07, 6.45) is 4.95. The lowest BCUT2D eigenvalue weighted by molar-refractivity contribution is 0.355. The summed E-state index contributed by atoms with van der Waals surface area (Å²) in [5, 5.41) is 7.20. The van der Waals surface area contributed by atoms with Gasteiger partial charge in [-0.25, -0.2) is 0 Å². The van der Waals surface area contributed by atoms with Crippen LogP contribution in [0.1, 0.15) is 17.5 Å². The molecule has 1 aliphatic carbocycles. The molecule has 0 radical (unpaired) electrons. The topological polar surface area (TPSA) is 27.1 Å². The van der Waals surface area contributed by atoms with E-state index in [4.69, 9.17) is 5.41 Å². The summed E-state index contributed by atoms with van der Waals surface area (Å²) in [5.41, 5.74) is 2.96. The molecule has 1 aromatic rings. The zero-order chi connectivity index (χ0) is 11.5. The molecule has 1 unspecified atom stereocenters. The Bertz CT molecular complexity index is 390. The molecule has 0 aromatic heterocycles. The van der Waals surface area contributed by atoms with Gasteiger partial charge in [-0.3, -0.25) is 5.41 Å². The molecule has 0 saturated carbocycles. The zero-order valence-electron chi connectivity index (χ0n) is 9.54. The van der Waals surface area contributed by atoms with Gasteiger partial charge in [-0.2, -0.15) is 0 Å². The first kappa shape index (κ1) is 11.6. The number of nitrogens with zero attached hydrogens (tertiary/aromatic N) is 1. The second-order valence-electron chi connectivity index (χ2n) is 4.56. The van der Waals surface area contributed by atoms with Gasteiger partial charge in [0.25, 0.3) is 0 Å². The van der Waals surface area contributed by atoms with Crippen LogP contribution in [0.5, 0.6) is 0 Å². The maximum Gasteiger partial charge on any atom is 0.0814 e. The summed E-state index contributed by atoms with van der Waals surface area (Å²) in [5.74, 6) is 0.688. The van der Waals surface area contributed by atoms with Crippen LogP contribution in [0.15, 0.2) is 22.7 Å². The van der Waals surface area contributed by atoms with Crippen LogP contribution < -0.4 is 0 Å². The average molecular weight is 281 g/mol. The summed E-state index contributed by atoms with van der Waals surface area (Å²) >= 11 is 3.62. The summed E-state index contributed by atoms with van der Waals surface area (Å²) in [7, 11) is 1.98. The minimum absolute atomic E-state index is 0.688. The predicted molar refractivity (Wildman–Crippen MR) is 71.1 cm³/mol. The summed E-state index contributed by atoms with van der Waals surface area (Å²) < 4.78 is 1.25. The number of halogens is 1. The Morgan fingerprint density at radius 3 is 3.12 bits per heavy atom. The molecule has 0 spiro atoms. The predicted octanol–water partition coefficient (Wildman–Crippen LogP) is 3.09. The number of nitrogens with one attached hydrogen (secondary N) is 1. The van der Waals surface area contributed by atoms with Crippen molar-refractivity contribution in [1.29, 1.82) is 5.41 Å². The minimum atomic E-state index is 0.688. The Morgan fingerprint density at radius 2 is 2.38 bits per heavy atom. The molecule has 0 amide bonds. The van der Waals surface area contributed by atoms with Gasteiger partial charge in [-0.15, -0.1) is 0 Å². The lowest BCUT2D eigenvalue weighted by Crippen LogP contribution is -2.28. The van der Waals surface area contributed by atoms with E-state index < -0.39 is 0 Å². The highest BCUT2D eigenvalue weighted by molar-refractivity contribution is 9.10. The Hall–Kier alpha value is -0.830. The molecular formula is C13H17BrN2. The van der Waals surface area contributed by atoms with Crippen LogP contribution in [0.25, 0.3) is 0 Å². The first-order valence-electron chi connectivity index (χ1n) is 5.68. The summed E-state index contributed by atoms with van der Waals surface area (Å²) in [6, 6.07) is 6.48. The molecule has 2 nitrogen and oxygen atoms in total. The Morgan fingerprint density at radius 1 is 1.56 bits per heavy atom. The Kier molecular flexibility index (Phi) is 3.64. The monoisotopic (exact) mass is 280 g/mol. The first-order chi connectivity index (χ1) is 7.70. The van der Waals surface area contributed by atoms with Gasteiger partial charge in [-0.05, 0) is 42.4 Å². The molecular weight excluding hydrogens is 264 g/mol. The van der Waals surface area contributed by atoms with E-state index >= 15 is 0 Å². The normalized spacial score (nSPS) is 19.0. The van der Waals surface area contributed by atoms with Crippen LogP contribution in [0.2, 0.25) is 0 Å². The van der Waals surface area contributed by atoms with Gasteiger partial charge in [0.2, 0.25) is 0 Å². The lowest BCUT2D eigenvalue weighted by Gasteiger charge is -2.28. The van der Waals surface area contributed by atoms with Crippen LogP contribution in [0.4, 0.5) is 0 Å². The third-order valence-corrected chi connectivity index (χ3v) is 4.04. The lowest BCUT2D eigenvalue weighted by atomic mass is 9.84. The molecule has 1 N–H and O–H groups in total. The highest BCUT2D eigenvalue weighted by Gasteiger charge is 2.20. The van der Waals surface area contributed by atoms with E-state index in [1.165, 1.54) is 28.4 Å². The number of benzene rings is 1. The number of fused-ring (bicyclic) bond motifs is 1. The molecule has 86 valence electrons. The smallest absolute Gasteiger partial charge is 0.0814 e. The van der Waals surface area contributed by atoms with Crippen LogP contribution in [0.3, 0.4) is 0 Å². The van der Waals surface area contributed by atoms with Gasteiger partial charge in [0.15, 0.2) is 0 Å². The molecule has 1 aromatic carbocycles. The maximum absolute atomic E-state index is 7.20. The van der Waals surface area contributed by atoms with Crippen LogP contribution in [0, 0.1) is 11.3 Å². The van der Waals surface area contributed by atoms with Crippen molar-refractivity contribution >= 4 is 22.3 Å². The SMILES string of the molecule is CN(C=N)CC1CCc2c(Br)cccc2C1. The van der Waals surface area contributed by atoms with E-state index in [1.807, 2.05) is 11.9 Å². The molecule has 0 heterocycles.